The van der Waals surface area contributed by atoms with E-state index in [2.05, 4.69) is 4.98 Å². The lowest BCUT2D eigenvalue weighted by Gasteiger charge is -2.36. The van der Waals surface area contributed by atoms with E-state index in [4.69, 9.17) is 0 Å². The molecule has 128 valence electrons. The minimum absolute atomic E-state index is 0.0439. The Bertz CT molecular complexity index is 680. The van der Waals surface area contributed by atoms with Crippen molar-refractivity contribution in [3.63, 3.8) is 0 Å². The number of alkyl halides is 3. The van der Waals surface area contributed by atoms with E-state index < -0.39 is 11.7 Å². The molecule has 4 nitrogen and oxygen atoms in total. The number of carbonyl (C=O) groups is 1. The first kappa shape index (κ1) is 16.5. The standard InChI is InChI=1S/C17H18F3N3O/c18-17(19,20)14-6-4-13(5-7-14)15-3-1-2-9-23(15)16(24)11-22-10-8-21-12-22/h4-8,10,12,15H,1-3,9,11H2/t15-/m0/s1. The number of hydrogen-bond donors (Lipinski definition) is 0. The normalized spacial score (nSPS) is 18.6. The van der Waals surface area contributed by atoms with Gasteiger partial charge in [0.2, 0.25) is 5.91 Å². The van der Waals surface area contributed by atoms with E-state index in [9.17, 15) is 18.0 Å². The fourth-order valence-electron chi connectivity index (χ4n) is 3.10. The van der Waals surface area contributed by atoms with Crippen molar-refractivity contribution in [2.75, 3.05) is 6.54 Å². The molecule has 1 amide bonds. The second-order valence-corrected chi connectivity index (χ2v) is 5.95. The van der Waals surface area contributed by atoms with Crippen LogP contribution in [-0.4, -0.2) is 26.9 Å². The Morgan fingerprint density at radius 1 is 1.21 bits per heavy atom. The summed E-state index contributed by atoms with van der Waals surface area (Å²) in [6.07, 6.45) is 3.19. The van der Waals surface area contributed by atoms with Gasteiger partial charge in [0, 0.05) is 18.9 Å². The molecule has 0 unspecified atom stereocenters. The van der Waals surface area contributed by atoms with E-state index in [1.54, 1.807) is 28.2 Å². The van der Waals surface area contributed by atoms with Crippen LogP contribution in [0.3, 0.4) is 0 Å². The number of piperidine rings is 1. The van der Waals surface area contributed by atoms with Crippen LogP contribution in [0.5, 0.6) is 0 Å². The lowest BCUT2D eigenvalue weighted by atomic mass is 9.94. The van der Waals surface area contributed by atoms with Gasteiger partial charge in [-0.3, -0.25) is 4.79 Å². The van der Waals surface area contributed by atoms with Gasteiger partial charge in [-0.25, -0.2) is 4.98 Å². The highest BCUT2D eigenvalue weighted by atomic mass is 19.4. The van der Waals surface area contributed by atoms with Crippen molar-refractivity contribution in [1.82, 2.24) is 14.5 Å². The van der Waals surface area contributed by atoms with Gasteiger partial charge < -0.3 is 9.47 Å². The summed E-state index contributed by atoms with van der Waals surface area (Å²) in [6, 6.07) is 4.97. The van der Waals surface area contributed by atoms with Gasteiger partial charge in [0.25, 0.3) is 0 Å². The Labute approximate surface area is 137 Å². The van der Waals surface area contributed by atoms with Gasteiger partial charge in [-0.2, -0.15) is 13.2 Å². The first-order valence-corrected chi connectivity index (χ1v) is 7.87. The monoisotopic (exact) mass is 337 g/mol. The first-order chi connectivity index (χ1) is 11.4. The molecule has 1 aliphatic rings. The zero-order valence-electron chi connectivity index (χ0n) is 13.0. The maximum atomic E-state index is 12.7. The molecule has 0 spiro atoms. The van der Waals surface area contributed by atoms with Crippen molar-refractivity contribution >= 4 is 5.91 Å². The molecular formula is C17H18F3N3O. The van der Waals surface area contributed by atoms with E-state index in [1.807, 2.05) is 0 Å². The van der Waals surface area contributed by atoms with E-state index in [-0.39, 0.29) is 18.5 Å². The molecule has 1 fully saturated rings. The number of halogens is 3. The molecule has 0 aliphatic carbocycles. The van der Waals surface area contributed by atoms with Crippen LogP contribution in [0.2, 0.25) is 0 Å². The summed E-state index contributed by atoms with van der Waals surface area (Å²) in [5, 5.41) is 0. The van der Waals surface area contributed by atoms with Gasteiger partial charge in [0.1, 0.15) is 6.54 Å². The quantitative estimate of drug-likeness (QED) is 0.857. The molecule has 2 aromatic rings. The number of hydrogen-bond acceptors (Lipinski definition) is 2. The van der Waals surface area contributed by atoms with Gasteiger partial charge >= 0.3 is 6.18 Å². The molecule has 2 heterocycles. The smallest absolute Gasteiger partial charge is 0.334 e. The predicted molar refractivity (Wildman–Crippen MR) is 82.0 cm³/mol. The highest BCUT2D eigenvalue weighted by molar-refractivity contribution is 5.76. The number of amides is 1. The van der Waals surface area contributed by atoms with Gasteiger partial charge in [-0.05, 0) is 37.0 Å². The summed E-state index contributed by atoms with van der Waals surface area (Å²) in [5.74, 6) is -0.0439. The minimum atomic E-state index is -4.35. The molecule has 1 aliphatic heterocycles. The molecule has 0 N–H and O–H groups in total. The van der Waals surface area contributed by atoms with Gasteiger partial charge in [-0.15, -0.1) is 0 Å². The Hall–Kier alpha value is -2.31. The largest absolute Gasteiger partial charge is 0.416 e. The Balaban J connectivity index is 1.78. The number of rotatable bonds is 3. The molecule has 0 bridgehead atoms. The molecule has 1 atom stereocenters. The van der Waals surface area contributed by atoms with Crippen LogP contribution in [-0.2, 0) is 17.5 Å². The number of imidazole rings is 1. The average molecular weight is 337 g/mol. The second-order valence-electron chi connectivity index (χ2n) is 5.95. The first-order valence-electron chi connectivity index (χ1n) is 7.87. The zero-order valence-corrected chi connectivity index (χ0v) is 13.0. The molecule has 0 saturated carbocycles. The highest BCUT2D eigenvalue weighted by Gasteiger charge is 2.32. The molecular weight excluding hydrogens is 319 g/mol. The molecule has 3 rings (SSSR count). The third kappa shape index (κ3) is 3.60. The summed E-state index contributed by atoms with van der Waals surface area (Å²) >= 11 is 0. The summed E-state index contributed by atoms with van der Waals surface area (Å²) in [7, 11) is 0. The van der Waals surface area contributed by atoms with Gasteiger partial charge in [-0.1, -0.05) is 12.1 Å². The summed E-state index contributed by atoms with van der Waals surface area (Å²) < 4.78 is 39.8. The van der Waals surface area contributed by atoms with Crippen molar-refractivity contribution in [1.29, 1.82) is 0 Å². The van der Waals surface area contributed by atoms with Crippen molar-refractivity contribution in [2.24, 2.45) is 0 Å². The van der Waals surface area contributed by atoms with E-state index in [0.29, 0.717) is 6.54 Å². The van der Waals surface area contributed by atoms with Crippen LogP contribution < -0.4 is 0 Å². The van der Waals surface area contributed by atoms with Gasteiger partial charge in [0.15, 0.2) is 0 Å². The van der Waals surface area contributed by atoms with Crippen molar-refractivity contribution in [2.45, 2.75) is 38.0 Å². The van der Waals surface area contributed by atoms with Crippen molar-refractivity contribution in [3.8, 4) is 0 Å². The lowest BCUT2D eigenvalue weighted by molar-refractivity contribution is -0.138. The highest BCUT2D eigenvalue weighted by Crippen LogP contribution is 2.34. The summed E-state index contributed by atoms with van der Waals surface area (Å²) in [5.41, 5.74) is 0.0834. The molecule has 7 heteroatoms. The van der Waals surface area contributed by atoms with Crippen LogP contribution in [0, 0.1) is 0 Å². The third-order valence-electron chi connectivity index (χ3n) is 4.32. The van der Waals surface area contributed by atoms with Crippen LogP contribution >= 0.6 is 0 Å². The van der Waals surface area contributed by atoms with E-state index in [1.165, 1.54) is 12.1 Å². The van der Waals surface area contributed by atoms with Gasteiger partial charge in [0.05, 0.1) is 17.9 Å². The molecule has 24 heavy (non-hydrogen) atoms. The fraction of sp³-hybridized carbons (Fsp3) is 0.412. The van der Waals surface area contributed by atoms with Crippen molar-refractivity contribution in [3.05, 3.63) is 54.1 Å². The third-order valence-corrected chi connectivity index (χ3v) is 4.32. The van der Waals surface area contributed by atoms with Crippen molar-refractivity contribution < 1.29 is 18.0 Å². The maximum Gasteiger partial charge on any atom is 0.416 e. The summed E-state index contributed by atoms with van der Waals surface area (Å²) in [6.45, 7) is 0.816. The average Bonchev–Trinajstić information content (AvgIpc) is 3.07. The number of benzene rings is 1. The fourth-order valence-corrected chi connectivity index (χ4v) is 3.10. The maximum absolute atomic E-state index is 12.7. The van der Waals surface area contributed by atoms with Crippen LogP contribution in [0.1, 0.15) is 36.4 Å². The SMILES string of the molecule is O=C(Cn1ccnc1)N1CCCC[C@H]1c1ccc(C(F)(F)F)cc1. The van der Waals surface area contributed by atoms with Crippen LogP contribution in [0.4, 0.5) is 13.2 Å². The topological polar surface area (TPSA) is 38.1 Å². The molecule has 0 radical (unpaired) electrons. The lowest BCUT2D eigenvalue weighted by Crippen LogP contribution is -2.40. The molecule has 1 aromatic heterocycles. The van der Waals surface area contributed by atoms with Crippen LogP contribution in [0.25, 0.3) is 0 Å². The minimum Gasteiger partial charge on any atom is -0.334 e. The number of likely N-dealkylation sites (tertiary alicyclic amines) is 1. The molecule has 1 saturated heterocycles. The van der Waals surface area contributed by atoms with E-state index >= 15 is 0 Å². The number of nitrogens with zero attached hydrogens (tertiary/aromatic N) is 3. The molecule has 1 aromatic carbocycles. The zero-order chi connectivity index (χ0) is 17.2. The Morgan fingerprint density at radius 2 is 1.96 bits per heavy atom. The Kier molecular flexibility index (Phi) is 4.59. The number of aromatic nitrogens is 2. The summed E-state index contributed by atoms with van der Waals surface area (Å²) in [4.78, 5) is 18.3. The second kappa shape index (κ2) is 6.67. The Morgan fingerprint density at radius 3 is 2.58 bits per heavy atom. The number of carbonyl (C=O) groups excluding carboxylic acids is 1. The van der Waals surface area contributed by atoms with E-state index in [0.717, 1.165) is 37.0 Å². The van der Waals surface area contributed by atoms with Crippen LogP contribution in [0.15, 0.2) is 43.0 Å². The predicted octanol–water partition coefficient (Wildman–Crippen LogP) is 3.66.